The maximum Gasteiger partial charge on any atom is 0.314 e. The second kappa shape index (κ2) is 10.4. The number of ether oxygens (including phenoxy) is 3. The van der Waals surface area contributed by atoms with E-state index < -0.39 is 0 Å². The number of esters is 1. The number of hydrogen-bond acceptors (Lipinski definition) is 5. The van der Waals surface area contributed by atoms with Crippen LogP contribution < -0.4 is 14.2 Å². The van der Waals surface area contributed by atoms with E-state index in [-0.39, 0.29) is 11.9 Å². The number of rotatable bonds is 8. The lowest BCUT2D eigenvalue weighted by molar-refractivity contribution is -0.135. The van der Waals surface area contributed by atoms with Crippen molar-refractivity contribution in [1.82, 2.24) is 4.90 Å². The fourth-order valence-electron chi connectivity index (χ4n) is 4.29. The van der Waals surface area contributed by atoms with Gasteiger partial charge in [0.2, 0.25) is 0 Å². The van der Waals surface area contributed by atoms with Gasteiger partial charge in [0.1, 0.15) is 23.9 Å². The molecular formula is C30H31NO4. The van der Waals surface area contributed by atoms with Crippen molar-refractivity contribution < 1.29 is 19.0 Å². The molecule has 2 aliphatic rings. The summed E-state index contributed by atoms with van der Waals surface area (Å²) in [5.74, 6) is 2.30. The van der Waals surface area contributed by atoms with Gasteiger partial charge in [0.25, 0.3) is 0 Å². The topological polar surface area (TPSA) is 48.0 Å². The quantitative estimate of drug-likeness (QED) is 0.314. The lowest BCUT2D eigenvalue weighted by Gasteiger charge is -2.24. The third kappa shape index (κ3) is 5.57. The number of nitrogens with zero attached hydrogens (tertiary/aromatic N) is 1. The van der Waals surface area contributed by atoms with Crippen LogP contribution in [0.15, 0.2) is 72.8 Å². The Morgan fingerprint density at radius 2 is 1.57 bits per heavy atom. The average molecular weight is 470 g/mol. The molecule has 1 saturated carbocycles. The van der Waals surface area contributed by atoms with Gasteiger partial charge >= 0.3 is 5.97 Å². The Morgan fingerprint density at radius 1 is 0.914 bits per heavy atom. The van der Waals surface area contributed by atoms with Gasteiger partial charge in [-0.25, -0.2) is 0 Å². The first-order valence-corrected chi connectivity index (χ1v) is 12.2. The van der Waals surface area contributed by atoms with E-state index in [1.54, 1.807) is 0 Å². The lowest BCUT2D eigenvalue weighted by atomic mass is 9.87. The highest BCUT2D eigenvalue weighted by Gasteiger charge is 2.31. The molecule has 3 aromatic rings. The minimum atomic E-state index is -0.125. The normalized spacial score (nSPS) is 16.3. The van der Waals surface area contributed by atoms with Crippen LogP contribution >= 0.6 is 0 Å². The van der Waals surface area contributed by atoms with Gasteiger partial charge in [0.05, 0.1) is 12.5 Å². The van der Waals surface area contributed by atoms with Gasteiger partial charge in [-0.15, -0.1) is 0 Å². The highest BCUT2D eigenvalue weighted by Crippen LogP contribution is 2.41. The molecule has 0 bridgehead atoms. The molecule has 0 unspecified atom stereocenters. The number of fused-ring (bicyclic) bond motifs is 1. The van der Waals surface area contributed by atoms with Crippen LogP contribution in [-0.4, -0.2) is 44.7 Å². The summed E-state index contributed by atoms with van der Waals surface area (Å²) in [5.41, 5.74) is 5.70. The van der Waals surface area contributed by atoms with Crippen LogP contribution in [-0.2, 0) is 4.79 Å². The molecule has 1 aliphatic heterocycles. The molecule has 3 aromatic carbocycles. The van der Waals surface area contributed by atoms with Crippen molar-refractivity contribution in [3.05, 3.63) is 89.5 Å². The third-order valence-electron chi connectivity index (χ3n) is 6.35. The number of benzene rings is 3. The Hall–Kier alpha value is -3.57. The number of hydrogen-bond donors (Lipinski definition) is 0. The van der Waals surface area contributed by atoms with Crippen molar-refractivity contribution >= 4 is 17.1 Å². The minimum Gasteiger partial charge on any atom is -0.493 e. The maximum atomic E-state index is 12.1. The van der Waals surface area contributed by atoms with E-state index in [4.69, 9.17) is 14.2 Å². The Kier molecular flexibility index (Phi) is 6.87. The van der Waals surface area contributed by atoms with Crippen LogP contribution in [0.3, 0.4) is 0 Å². The van der Waals surface area contributed by atoms with E-state index in [0.717, 1.165) is 59.6 Å². The first-order chi connectivity index (χ1) is 17.1. The van der Waals surface area contributed by atoms with Crippen LogP contribution in [0.2, 0.25) is 0 Å². The summed E-state index contributed by atoms with van der Waals surface area (Å²) in [6.07, 6.45) is 2.68. The fourth-order valence-corrected chi connectivity index (χ4v) is 4.29. The molecule has 0 N–H and O–H groups in total. The first-order valence-electron chi connectivity index (χ1n) is 12.2. The number of para-hydroxylation sites is 1. The zero-order valence-electron chi connectivity index (χ0n) is 20.3. The van der Waals surface area contributed by atoms with Gasteiger partial charge in [0.15, 0.2) is 0 Å². The molecule has 1 fully saturated rings. The van der Waals surface area contributed by atoms with Gasteiger partial charge < -0.3 is 19.1 Å². The molecule has 0 spiro atoms. The molecule has 35 heavy (non-hydrogen) atoms. The maximum absolute atomic E-state index is 12.1. The summed E-state index contributed by atoms with van der Waals surface area (Å²) >= 11 is 0. The summed E-state index contributed by atoms with van der Waals surface area (Å²) < 4.78 is 17.4. The van der Waals surface area contributed by atoms with Gasteiger partial charge in [-0.1, -0.05) is 42.5 Å². The van der Waals surface area contributed by atoms with Gasteiger partial charge in [-0.3, -0.25) is 4.79 Å². The average Bonchev–Trinajstić information content (AvgIpc) is 3.72. The molecule has 5 nitrogen and oxygen atoms in total. The predicted molar refractivity (Wildman–Crippen MR) is 138 cm³/mol. The Morgan fingerprint density at radius 3 is 2.23 bits per heavy atom. The second-order valence-electron chi connectivity index (χ2n) is 9.34. The number of likely N-dealkylation sites (N-methyl/N-ethyl adjacent to an activating group) is 1. The van der Waals surface area contributed by atoms with E-state index in [2.05, 4.69) is 23.1 Å². The van der Waals surface area contributed by atoms with Crippen molar-refractivity contribution in [2.45, 2.75) is 19.3 Å². The smallest absolute Gasteiger partial charge is 0.314 e. The summed E-state index contributed by atoms with van der Waals surface area (Å²) in [6, 6.07) is 24.3. The Bertz CT molecular complexity index is 1210. The highest BCUT2D eigenvalue weighted by molar-refractivity contribution is 6.00. The second-order valence-corrected chi connectivity index (χ2v) is 9.34. The predicted octanol–water partition coefficient (Wildman–Crippen LogP) is 5.68. The highest BCUT2D eigenvalue weighted by atomic mass is 16.5. The van der Waals surface area contributed by atoms with Crippen LogP contribution in [0, 0.1) is 5.92 Å². The SMILES string of the molecule is CN(C)CCOc1ccc(C(=C2CCOc3ccccc32)c2ccc(OC(=O)C3CC3)cc2)cc1. The Labute approximate surface area is 206 Å². The van der Waals surface area contributed by atoms with Crippen LogP contribution in [0.25, 0.3) is 11.1 Å². The molecule has 1 aliphatic carbocycles. The van der Waals surface area contributed by atoms with Gasteiger partial charge in [0, 0.05) is 18.5 Å². The molecule has 1 heterocycles. The van der Waals surface area contributed by atoms with Crippen LogP contribution in [0.4, 0.5) is 0 Å². The van der Waals surface area contributed by atoms with Crippen LogP contribution in [0.1, 0.15) is 36.0 Å². The number of carbonyl (C=O) groups is 1. The lowest BCUT2D eigenvalue weighted by Crippen LogP contribution is -2.19. The summed E-state index contributed by atoms with van der Waals surface area (Å²) in [5, 5.41) is 0. The zero-order chi connectivity index (χ0) is 24.2. The van der Waals surface area contributed by atoms with E-state index in [0.29, 0.717) is 19.0 Å². The third-order valence-corrected chi connectivity index (χ3v) is 6.35. The van der Waals surface area contributed by atoms with Gasteiger partial charge in [-0.05, 0) is 79.5 Å². The molecular weight excluding hydrogens is 438 g/mol. The minimum absolute atomic E-state index is 0.0737. The van der Waals surface area contributed by atoms with Crippen molar-refractivity contribution in [1.29, 1.82) is 0 Å². The molecule has 0 radical (unpaired) electrons. The molecule has 0 saturated heterocycles. The van der Waals surface area contributed by atoms with E-state index >= 15 is 0 Å². The van der Waals surface area contributed by atoms with Crippen molar-refractivity contribution in [3.8, 4) is 17.2 Å². The molecule has 5 heteroatoms. The van der Waals surface area contributed by atoms with E-state index in [9.17, 15) is 4.79 Å². The molecule has 180 valence electrons. The van der Waals surface area contributed by atoms with E-state index in [1.165, 1.54) is 5.57 Å². The van der Waals surface area contributed by atoms with Crippen LogP contribution in [0.5, 0.6) is 17.2 Å². The summed E-state index contributed by atoms with van der Waals surface area (Å²) in [6.45, 7) is 2.15. The molecule has 5 rings (SSSR count). The molecule has 0 atom stereocenters. The van der Waals surface area contributed by atoms with Crippen molar-refractivity contribution in [2.24, 2.45) is 5.92 Å². The van der Waals surface area contributed by atoms with Crippen molar-refractivity contribution in [2.75, 3.05) is 33.9 Å². The summed E-state index contributed by atoms with van der Waals surface area (Å²) in [4.78, 5) is 14.2. The van der Waals surface area contributed by atoms with Crippen molar-refractivity contribution in [3.63, 3.8) is 0 Å². The molecule has 0 amide bonds. The molecule has 0 aromatic heterocycles. The summed E-state index contributed by atoms with van der Waals surface area (Å²) in [7, 11) is 4.07. The zero-order valence-corrected chi connectivity index (χ0v) is 20.3. The standard InChI is InChI=1S/C30H31NO4/c1-31(2)18-20-33-24-13-9-21(10-14-24)29(27-17-19-34-28-6-4-3-5-26(27)28)22-11-15-25(16-12-22)35-30(32)23-7-8-23/h3-6,9-16,23H,7-8,17-20H2,1-2H3. The largest absolute Gasteiger partial charge is 0.493 e. The first kappa shape index (κ1) is 23.2. The Balaban J connectivity index is 1.49. The monoisotopic (exact) mass is 469 g/mol. The van der Waals surface area contributed by atoms with Gasteiger partial charge in [-0.2, -0.15) is 0 Å². The fraction of sp³-hybridized carbons (Fsp3) is 0.300. The number of carbonyl (C=O) groups excluding carboxylic acids is 1. The van der Waals surface area contributed by atoms with E-state index in [1.807, 2.05) is 68.7 Å².